The largest absolute Gasteiger partial charge is 0.355 e. The first kappa shape index (κ1) is 20.0. The van der Waals surface area contributed by atoms with Gasteiger partial charge in [0.15, 0.2) is 5.96 Å². The Morgan fingerprint density at radius 3 is 2.50 bits per heavy atom. The van der Waals surface area contributed by atoms with Crippen LogP contribution in [0.15, 0.2) is 17.6 Å². The van der Waals surface area contributed by atoms with Crippen LogP contribution in [0.4, 0.5) is 0 Å². The summed E-state index contributed by atoms with van der Waals surface area (Å²) in [7, 11) is 6.02. The Hall–Kier alpha value is -0.300. The van der Waals surface area contributed by atoms with Gasteiger partial charge < -0.3 is 15.1 Å². The fraction of sp³-hybridized carbons (Fsp3) is 0.769. The first-order valence-corrected chi connectivity index (χ1v) is 6.36. The second-order valence-corrected chi connectivity index (χ2v) is 4.22. The number of nitrogens with zero attached hydrogens (tertiary/aromatic N) is 3. The number of aliphatic imine (C=N–C) groups is 1. The highest BCUT2D eigenvalue weighted by Gasteiger charge is 2.04. The van der Waals surface area contributed by atoms with Gasteiger partial charge in [-0.1, -0.05) is 13.0 Å². The Morgan fingerprint density at radius 1 is 1.33 bits per heavy atom. The van der Waals surface area contributed by atoms with Crippen LogP contribution in [-0.4, -0.2) is 63.1 Å². The highest BCUT2D eigenvalue weighted by Crippen LogP contribution is 1.94. The van der Waals surface area contributed by atoms with Gasteiger partial charge in [0.2, 0.25) is 0 Å². The molecule has 0 heterocycles. The maximum atomic E-state index is 4.28. The summed E-state index contributed by atoms with van der Waals surface area (Å²) in [5.41, 5.74) is 0. The molecule has 4 nitrogen and oxygen atoms in total. The molecule has 0 saturated carbocycles. The minimum atomic E-state index is 0. The maximum absolute atomic E-state index is 4.28. The van der Waals surface area contributed by atoms with Crippen molar-refractivity contribution in [1.29, 1.82) is 0 Å². The van der Waals surface area contributed by atoms with Crippen molar-refractivity contribution in [2.45, 2.75) is 19.8 Å². The minimum Gasteiger partial charge on any atom is -0.355 e. The zero-order valence-corrected chi connectivity index (χ0v) is 14.6. The molecule has 0 atom stereocenters. The Kier molecular flexibility index (Phi) is 14.6. The van der Waals surface area contributed by atoms with E-state index in [1.54, 1.807) is 0 Å². The van der Waals surface area contributed by atoms with Crippen molar-refractivity contribution in [3.63, 3.8) is 0 Å². The number of hydrogen-bond acceptors (Lipinski definition) is 2. The Bertz CT molecular complexity index is 231. The van der Waals surface area contributed by atoms with Gasteiger partial charge in [0.25, 0.3) is 0 Å². The molecular weight excluding hydrogens is 339 g/mol. The standard InChI is InChI=1S/C13H28N4.HI/c1-6-8-9-11-17(5)13(14-3)15-10-12-16(4)7-2;/h6H,1,7-12H2,2-5H3,(H,14,15);1H. The average molecular weight is 368 g/mol. The van der Waals surface area contributed by atoms with Crippen molar-refractivity contribution < 1.29 is 0 Å². The van der Waals surface area contributed by atoms with Crippen molar-refractivity contribution >= 4 is 29.9 Å². The molecule has 0 spiro atoms. The number of likely N-dealkylation sites (N-methyl/N-ethyl adjacent to an activating group) is 1. The highest BCUT2D eigenvalue weighted by atomic mass is 127. The topological polar surface area (TPSA) is 30.9 Å². The molecule has 0 saturated heterocycles. The zero-order chi connectivity index (χ0) is 13.1. The quantitative estimate of drug-likeness (QED) is 0.234. The van der Waals surface area contributed by atoms with E-state index in [0.717, 1.165) is 45.0 Å². The number of unbranched alkanes of at least 4 members (excludes halogenated alkanes) is 1. The molecule has 0 aromatic rings. The summed E-state index contributed by atoms with van der Waals surface area (Å²) in [5.74, 6) is 0.971. The fourth-order valence-corrected chi connectivity index (χ4v) is 1.48. The summed E-state index contributed by atoms with van der Waals surface area (Å²) in [6.45, 7) is 9.95. The van der Waals surface area contributed by atoms with Crippen molar-refractivity contribution in [2.75, 3.05) is 47.3 Å². The van der Waals surface area contributed by atoms with Gasteiger partial charge in [-0.05, 0) is 26.4 Å². The predicted octanol–water partition coefficient (Wildman–Crippen LogP) is 2.03. The molecule has 18 heavy (non-hydrogen) atoms. The molecule has 0 rings (SSSR count). The first-order valence-electron chi connectivity index (χ1n) is 6.36. The van der Waals surface area contributed by atoms with Crippen molar-refractivity contribution in [2.24, 2.45) is 4.99 Å². The lowest BCUT2D eigenvalue weighted by atomic mass is 10.3. The Labute approximate surface area is 130 Å². The fourth-order valence-electron chi connectivity index (χ4n) is 1.48. The van der Waals surface area contributed by atoms with Gasteiger partial charge in [-0.3, -0.25) is 4.99 Å². The first-order chi connectivity index (χ1) is 8.15. The number of halogens is 1. The smallest absolute Gasteiger partial charge is 0.193 e. The van der Waals surface area contributed by atoms with E-state index in [4.69, 9.17) is 0 Å². The number of guanidine groups is 1. The number of nitrogens with one attached hydrogen (secondary N) is 1. The molecule has 0 aromatic heterocycles. The molecule has 0 amide bonds. The van der Waals surface area contributed by atoms with Gasteiger partial charge in [0.1, 0.15) is 0 Å². The molecule has 5 heteroatoms. The molecular formula is C13H29IN4. The number of allylic oxidation sites excluding steroid dienone is 1. The lowest BCUT2D eigenvalue weighted by Crippen LogP contribution is -2.42. The van der Waals surface area contributed by atoms with Crippen LogP contribution in [0.3, 0.4) is 0 Å². The molecule has 1 N–H and O–H groups in total. The molecule has 0 radical (unpaired) electrons. The van der Waals surface area contributed by atoms with E-state index in [2.05, 4.69) is 47.7 Å². The van der Waals surface area contributed by atoms with Gasteiger partial charge in [-0.15, -0.1) is 30.6 Å². The number of rotatable bonds is 8. The molecule has 0 unspecified atom stereocenters. The van der Waals surface area contributed by atoms with Crippen LogP contribution in [0.2, 0.25) is 0 Å². The maximum Gasteiger partial charge on any atom is 0.193 e. The van der Waals surface area contributed by atoms with E-state index < -0.39 is 0 Å². The van der Waals surface area contributed by atoms with Crippen LogP contribution < -0.4 is 5.32 Å². The second kappa shape index (κ2) is 13.1. The second-order valence-electron chi connectivity index (χ2n) is 4.22. The number of hydrogen-bond donors (Lipinski definition) is 1. The van der Waals surface area contributed by atoms with E-state index in [0.29, 0.717) is 0 Å². The summed E-state index contributed by atoms with van der Waals surface area (Å²) in [4.78, 5) is 8.71. The molecule has 0 fully saturated rings. The SMILES string of the molecule is C=CCCCN(C)C(=NC)NCCN(C)CC.I. The highest BCUT2D eigenvalue weighted by molar-refractivity contribution is 14.0. The van der Waals surface area contributed by atoms with Crippen LogP contribution >= 0.6 is 24.0 Å². The van der Waals surface area contributed by atoms with Gasteiger partial charge >= 0.3 is 0 Å². The third kappa shape index (κ3) is 9.70. The van der Waals surface area contributed by atoms with Crippen molar-refractivity contribution in [3.05, 3.63) is 12.7 Å². The van der Waals surface area contributed by atoms with E-state index in [9.17, 15) is 0 Å². The molecule has 0 aliphatic heterocycles. The van der Waals surface area contributed by atoms with Gasteiger partial charge in [-0.2, -0.15) is 0 Å². The molecule has 0 aliphatic carbocycles. The van der Waals surface area contributed by atoms with Crippen molar-refractivity contribution in [1.82, 2.24) is 15.1 Å². The van der Waals surface area contributed by atoms with Crippen LogP contribution in [0, 0.1) is 0 Å². The monoisotopic (exact) mass is 368 g/mol. The van der Waals surface area contributed by atoms with Crippen LogP contribution in [0.5, 0.6) is 0 Å². The summed E-state index contributed by atoms with van der Waals surface area (Å²) < 4.78 is 0. The van der Waals surface area contributed by atoms with Gasteiger partial charge in [0, 0.05) is 33.7 Å². The van der Waals surface area contributed by atoms with Crippen molar-refractivity contribution in [3.8, 4) is 0 Å². The Morgan fingerprint density at radius 2 is 2.00 bits per heavy atom. The summed E-state index contributed by atoms with van der Waals surface area (Å²) >= 11 is 0. The molecule has 0 bridgehead atoms. The van der Waals surface area contributed by atoms with E-state index in [1.807, 2.05) is 13.1 Å². The van der Waals surface area contributed by atoms with Crippen LogP contribution in [-0.2, 0) is 0 Å². The average Bonchev–Trinajstić information content (AvgIpc) is 2.34. The lowest BCUT2D eigenvalue weighted by Gasteiger charge is -2.23. The van der Waals surface area contributed by atoms with Gasteiger partial charge in [-0.25, -0.2) is 0 Å². The predicted molar refractivity (Wildman–Crippen MR) is 92.0 cm³/mol. The Balaban J connectivity index is 0. The molecule has 108 valence electrons. The third-order valence-corrected chi connectivity index (χ3v) is 2.79. The molecule has 0 aromatic carbocycles. The summed E-state index contributed by atoms with van der Waals surface area (Å²) in [5, 5.41) is 3.37. The zero-order valence-electron chi connectivity index (χ0n) is 12.3. The van der Waals surface area contributed by atoms with E-state index >= 15 is 0 Å². The molecule has 0 aliphatic rings. The minimum absolute atomic E-state index is 0. The van der Waals surface area contributed by atoms with E-state index in [1.165, 1.54) is 0 Å². The summed E-state index contributed by atoms with van der Waals surface area (Å²) in [6, 6.07) is 0. The van der Waals surface area contributed by atoms with Crippen LogP contribution in [0.25, 0.3) is 0 Å². The van der Waals surface area contributed by atoms with E-state index in [-0.39, 0.29) is 24.0 Å². The van der Waals surface area contributed by atoms with Crippen LogP contribution in [0.1, 0.15) is 19.8 Å². The van der Waals surface area contributed by atoms with Gasteiger partial charge in [0.05, 0.1) is 0 Å². The lowest BCUT2D eigenvalue weighted by molar-refractivity contribution is 0.353. The summed E-state index contributed by atoms with van der Waals surface area (Å²) in [6.07, 6.45) is 4.13. The normalized spacial score (nSPS) is 11.1. The third-order valence-electron chi connectivity index (χ3n) is 2.79.